The van der Waals surface area contributed by atoms with Crippen LogP contribution >= 0.6 is 0 Å². The molecule has 0 rings (SSSR count). The normalized spacial score (nSPS) is 13.4. The predicted octanol–water partition coefficient (Wildman–Crippen LogP) is 0.661. The monoisotopic (exact) mass is 248 g/mol. The number of nitrogens with two attached hydrogens (primary N) is 1. The summed E-state index contributed by atoms with van der Waals surface area (Å²) in [6.45, 7) is 8.13. The molecule has 4 N–H and O–H groups in total. The maximum atomic E-state index is 10.6. The van der Waals surface area contributed by atoms with E-state index < -0.39 is 6.09 Å². The lowest BCUT2D eigenvalue weighted by Crippen LogP contribution is -2.46. The Bertz CT molecular complexity index is 216. The van der Waals surface area contributed by atoms with E-state index in [-0.39, 0.29) is 11.5 Å². The van der Waals surface area contributed by atoms with Gasteiger partial charge in [0.15, 0.2) is 0 Å². The number of carboxylic acid groups (broad SMARTS) is 1. The molecular weight excluding hydrogens is 224 g/mol. The van der Waals surface area contributed by atoms with Crippen LogP contribution in [0.25, 0.3) is 0 Å². The fraction of sp³-hybridized carbons (Fsp3) is 0.909. The van der Waals surface area contributed by atoms with Crippen LogP contribution in [0.1, 0.15) is 20.8 Å². The van der Waals surface area contributed by atoms with Gasteiger partial charge in [-0.3, -0.25) is 0 Å². The molecule has 0 radical (unpaired) electrons. The largest absolute Gasteiger partial charge is 0.465 e. The average Bonchev–Trinajstić information content (AvgIpc) is 2.19. The molecule has 0 aromatic heterocycles. The molecule has 6 heteroatoms. The third-order valence-electron chi connectivity index (χ3n) is 2.26. The van der Waals surface area contributed by atoms with Crippen molar-refractivity contribution in [2.45, 2.75) is 26.8 Å². The summed E-state index contributed by atoms with van der Waals surface area (Å²) in [4.78, 5) is 10.6. The third kappa shape index (κ3) is 8.91. The van der Waals surface area contributed by atoms with E-state index in [9.17, 15) is 4.79 Å². The van der Waals surface area contributed by atoms with Crippen LogP contribution in [0.2, 0.25) is 0 Å². The molecular formula is C11H24N2O4. The van der Waals surface area contributed by atoms with Crippen LogP contribution in [0, 0.1) is 5.41 Å². The van der Waals surface area contributed by atoms with Crippen LogP contribution in [0.15, 0.2) is 0 Å². The van der Waals surface area contributed by atoms with Gasteiger partial charge in [0, 0.05) is 6.54 Å². The molecule has 0 spiro atoms. The van der Waals surface area contributed by atoms with Gasteiger partial charge < -0.3 is 25.6 Å². The Morgan fingerprint density at radius 2 is 1.88 bits per heavy atom. The SMILES string of the molecule is CC(C)(C)C(COCCOCCN)NC(=O)O. The Labute approximate surface area is 102 Å². The van der Waals surface area contributed by atoms with Gasteiger partial charge in [-0.05, 0) is 5.41 Å². The smallest absolute Gasteiger partial charge is 0.404 e. The summed E-state index contributed by atoms with van der Waals surface area (Å²) in [5.41, 5.74) is 5.08. The maximum absolute atomic E-state index is 10.6. The van der Waals surface area contributed by atoms with Gasteiger partial charge in [0.05, 0.1) is 32.5 Å². The lowest BCUT2D eigenvalue weighted by atomic mass is 9.87. The molecule has 0 heterocycles. The van der Waals surface area contributed by atoms with Crippen molar-refractivity contribution in [2.75, 3.05) is 33.0 Å². The van der Waals surface area contributed by atoms with Crippen molar-refractivity contribution in [3.63, 3.8) is 0 Å². The van der Waals surface area contributed by atoms with Crippen molar-refractivity contribution < 1.29 is 19.4 Å². The van der Waals surface area contributed by atoms with Gasteiger partial charge in [-0.2, -0.15) is 0 Å². The summed E-state index contributed by atoms with van der Waals surface area (Å²) in [6, 6.07) is -0.241. The van der Waals surface area contributed by atoms with Crippen molar-refractivity contribution in [2.24, 2.45) is 11.1 Å². The van der Waals surface area contributed by atoms with E-state index in [0.29, 0.717) is 33.0 Å². The van der Waals surface area contributed by atoms with Crippen LogP contribution in [0.5, 0.6) is 0 Å². The average molecular weight is 248 g/mol. The van der Waals surface area contributed by atoms with E-state index in [1.54, 1.807) is 0 Å². The van der Waals surface area contributed by atoms with E-state index in [0.717, 1.165) is 0 Å². The topological polar surface area (TPSA) is 93.8 Å². The highest BCUT2D eigenvalue weighted by Gasteiger charge is 2.26. The Hall–Kier alpha value is -0.850. The Morgan fingerprint density at radius 3 is 2.35 bits per heavy atom. The third-order valence-corrected chi connectivity index (χ3v) is 2.26. The predicted molar refractivity (Wildman–Crippen MR) is 65.1 cm³/mol. The van der Waals surface area contributed by atoms with Crippen molar-refractivity contribution in [3.8, 4) is 0 Å². The number of hydrogen-bond acceptors (Lipinski definition) is 4. The van der Waals surface area contributed by atoms with Crippen LogP contribution in [-0.2, 0) is 9.47 Å². The number of nitrogens with one attached hydrogen (secondary N) is 1. The lowest BCUT2D eigenvalue weighted by molar-refractivity contribution is 0.0271. The number of rotatable bonds is 8. The molecule has 1 unspecified atom stereocenters. The Morgan fingerprint density at radius 1 is 1.29 bits per heavy atom. The molecule has 0 bridgehead atoms. The zero-order valence-electron chi connectivity index (χ0n) is 10.9. The highest BCUT2D eigenvalue weighted by atomic mass is 16.5. The Kier molecular flexibility index (Phi) is 7.86. The molecule has 0 aliphatic carbocycles. The van der Waals surface area contributed by atoms with E-state index in [1.165, 1.54) is 0 Å². The second-order valence-electron chi connectivity index (χ2n) is 4.84. The minimum atomic E-state index is -1.03. The summed E-state index contributed by atoms with van der Waals surface area (Å²) in [6.07, 6.45) is -1.03. The fourth-order valence-corrected chi connectivity index (χ4v) is 1.16. The highest BCUT2D eigenvalue weighted by molar-refractivity contribution is 5.65. The molecule has 102 valence electrons. The quantitative estimate of drug-likeness (QED) is 0.549. The van der Waals surface area contributed by atoms with Crippen LogP contribution in [0.3, 0.4) is 0 Å². The standard InChI is InChI=1S/C11H24N2O4/c1-11(2,3)9(13-10(14)15)8-17-7-6-16-5-4-12/h9,13H,4-8,12H2,1-3H3,(H,14,15). The van der Waals surface area contributed by atoms with E-state index in [2.05, 4.69) is 5.32 Å². The van der Waals surface area contributed by atoms with Crippen LogP contribution in [0.4, 0.5) is 4.79 Å². The van der Waals surface area contributed by atoms with Crippen molar-refractivity contribution in [3.05, 3.63) is 0 Å². The first-order valence-corrected chi connectivity index (χ1v) is 5.73. The van der Waals surface area contributed by atoms with E-state index in [4.69, 9.17) is 20.3 Å². The first kappa shape index (κ1) is 16.1. The van der Waals surface area contributed by atoms with Crippen LogP contribution in [-0.4, -0.2) is 50.2 Å². The first-order valence-electron chi connectivity index (χ1n) is 5.73. The minimum absolute atomic E-state index is 0.184. The minimum Gasteiger partial charge on any atom is -0.465 e. The molecule has 0 saturated heterocycles. The molecule has 1 amide bonds. The van der Waals surface area contributed by atoms with Crippen molar-refractivity contribution in [1.29, 1.82) is 0 Å². The fourth-order valence-electron chi connectivity index (χ4n) is 1.16. The first-order chi connectivity index (χ1) is 7.88. The number of amides is 1. The molecule has 0 aromatic rings. The van der Waals surface area contributed by atoms with Gasteiger partial charge in [-0.15, -0.1) is 0 Å². The summed E-state index contributed by atoms with van der Waals surface area (Å²) in [7, 11) is 0. The van der Waals surface area contributed by atoms with Gasteiger partial charge in [0.2, 0.25) is 0 Å². The zero-order chi connectivity index (χ0) is 13.3. The number of hydrogen-bond donors (Lipinski definition) is 3. The second-order valence-corrected chi connectivity index (χ2v) is 4.84. The molecule has 0 aliphatic heterocycles. The molecule has 0 saturated carbocycles. The summed E-state index contributed by atoms with van der Waals surface area (Å²) in [5, 5.41) is 11.2. The number of ether oxygens (including phenoxy) is 2. The van der Waals surface area contributed by atoms with Crippen LogP contribution < -0.4 is 11.1 Å². The molecule has 0 fully saturated rings. The van der Waals surface area contributed by atoms with Gasteiger partial charge in [-0.25, -0.2) is 4.79 Å². The summed E-state index contributed by atoms with van der Waals surface area (Å²) >= 11 is 0. The molecule has 1 atom stereocenters. The van der Waals surface area contributed by atoms with Gasteiger partial charge in [0.1, 0.15) is 0 Å². The summed E-state index contributed by atoms with van der Waals surface area (Å²) < 4.78 is 10.5. The summed E-state index contributed by atoms with van der Waals surface area (Å²) in [5.74, 6) is 0. The van der Waals surface area contributed by atoms with Crippen molar-refractivity contribution in [1.82, 2.24) is 5.32 Å². The Balaban J connectivity index is 3.81. The van der Waals surface area contributed by atoms with Gasteiger partial charge in [0.25, 0.3) is 0 Å². The second kappa shape index (κ2) is 8.27. The maximum Gasteiger partial charge on any atom is 0.404 e. The molecule has 0 aromatic carbocycles. The molecule has 17 heavy (non-hydrogen) atoms. The highest BCUT2D eigenvalue weighted by Crippen LogP contribution is 2.19. The zero-order valence-corrected chi connectivity index (χ0v) is 10.9. The molecule has 0 aliphatic rings. The van der Waals surface area contributed by atoms with Crippen molar-refractivity contribution >= 4 is 6.09 Å². The molecule has 6 nitrogen and oxygen atoms in total. The van der Waals surface area contributed by atoms with E-state index in [1.807, 2.05) is 20.8 Å². The lowest BCUT2D eigenvalue weighted by Gasteiger charge is -2.30. The van der Waals surface area contributed by atoms with Gasteiger partial charge >= 0.3 is 6.09 Å². The number of carbonyl (C=O) groups is 1. The van der Waals surface area contributed by atoms with Gasteiger partial charge in [-0.1, -0.05) is 20.8 Å². The van der Waals surface area contributed by atoms with E-state index >= 15 is 0 Å².